The normalized spacial score (nSPS) is 18.1. The highest BCUT2D eigenvalue weighted by Gasteiger charge is 2.13. The van der Waals surface area contributed by atoms with Gasteiger partial charge in [0.05, 0.1) is 6.42 Å². The van der Waals surface area contributed by atoms with Gasteiger partial charge in [-0.1, -0.05) is 30.3 Å². The lowest BCUT2D eigenvalue weighted by molar-refractivity contribution is -0.120. The highest BCUT2D eigenvalue weighted by atomic mass is 35.5. The molecule has 0 aromatic heterocycles. The first-order valence-corrected chi connectivity index (χ1v) is 6.38. The quantitative estimate of drug-likeness (QED) is 0.857. The maximum atomic E-state index is 11.7. The predicted molar refractivity (Wildman–Crippen MR) is 76.0 cm³/mol. The number of halogens is 1. The smallest absolute Gasteiger partial charge is 0.224 e. The minimum atomic E-state index is 0. The van der Waals surface area contributed by atoms with Gasteiger partial charge in [-0.3, -0.25) is 4.79 Å². The van der Waals surface area contributed by atoms with E-state index >= 15 is 0 Å². The maximum Gasteiger partial charge on any atom is 0.224 e. The van der Waals surface area contributed by atoms with Crippen molar-refractivity contribution in [3.63, 3.8) is 0 Å². The molecule has 1 aromatic carbocycles. The third kappa shape index (κ3) is 5.07. The molecule has 1 saturated heterocycles. The van der Waals surface area contributed by atoms with E-state index in [0.29, 0.717) is 12.5 Å². The molecule has 0 radical (unpaired) electrons. The number of nitrogens with one attached hydrogen (secondary N) is 2. The Balaban J connectivity index is 0.00000162. The van der Waals surface area contributed by atoms with Gasteiger partial charge in [0.2, 0.25) is 5.91 Å². The third-order valence-corrected chi connectivity index (χ3v) is 3.18. The largest absolute Gasteiger partial charge is 0.356 e. The summed E-state index contributed by atoms with van der Waals surface area (Å²) in [6.45, 7) is 1.91. The number of carbonyl (C=O) groups excluding carboxylic acids is 1. The minimum Gasteiger partial charge on any atom is -0.356 e. The summed E-state index contributed by atoms with van der Waals surface area (Å²) in [5.74, 6) is 0.120. The Hall–Kier alpha value is -1.06. The van der Waals surface area contributed by atoms with Crippen LogP contribution in [-0.4, -0.2) is 25.0 Å². The van der Waals surface area contributed by atoms with Gasteiger partial charge in [0.1, 0.15) is 0 Å². The molecular weight excluding hydrogens is 248 g/mol. The van der Waals surface area contributed by atoms with Crippen LogP contribution in [-0.2, 0) is 11.2 Å². The molecule has 4 heteroatoms. The van der Waals surface area contributed by atoms with Crippen LogP contribution < -0.4 is 10.6 Å². The van der Waals surface area contributed by atoms with Gasteiger partial charge in [-0.2, -0.15) is 0 Å². The van der Waals surface area contributed by atoms with Crippen LogP contribution >= 0.6 is 12.4 Å². The maximum absolute atomic E-state index is 11.7. The van der Waals surface area contributed by atoms with Crippen molar-refractivity contribution in [1.82, 2.24) is 10.6 Å². The molecule has 1 fully saturated rings. The number of benzene rings is 1. The van der Waals surface area contributed by atoms with E-state index in [9.17, 15) is 4.79 Å². The molecule has 18 heavy (non-hydrogen) atoms. The van der Waals surface area contributed by atoms with Crippen molar-refractivity contribution in [3.8, 4) is 0 Å². The second-order valence-corrected chi connectivity index (χ2v) is 4.59. The van der Waals surface area contributed by atoms with Crippen molar-refractivity contribution in [2.45, 2.75) is 31.7 Å². The Morgan fingerprint density at radius 1 is 1.33 bits per heavy atom. The first-order valence-electron chi connectivity index (χ1n) is 6.38. The number of hydrogen-bond acceptors (Lipinski definition) is 2. The first-order chi connectivity index (χ1) is 8.34. The molecule has 1 amide bonds. The predicted octanol–water partition coefficient (Wildman–Crippen LogP) is 1.91. The van der Waals surface area contributed by atoms with Crippen LogP contribution in [0.2, 0.25) is 0 Å². The molecule has 1 aliphatic rings. The van der Waals surface area contributed by atoms with E-state index in [-0.39, 0.29) is 18.3 Å². The summed E-state index contributed by atoms with van der Waals surface area (Å²) in [4.78, 5) is 11.7. The molecule has 1 aromatic rings. The number of hydrogen-bond donors (Lipinski definition) is 2. The lowest BCUT2D eigenvalue weighted by Gasteiger charge is -2.10. The van der Waals surface area contributed by atoms with E-state index in [0.717, 1.165) is 25.1 Å². The fourth-order valence-corrected chi connectivity index (χ4v) is 2.23. The molecule has 0 bridgehead atoms. The van der Waals surface area contributed by atoms with Crippen LogP contribution in [0.5, 0.6) is 0 Å². The van der Waals surface area contributed by atoms with Crippen LogP contribution in [0.3, 0.4) is 0 Å². The molecule has 1 atom stereocenters. The van der Waals surface area contributed by atoms with Crippen LogP contribution in [0.1, 0.15) is 24.8 Å². The Labute approximate surface area is 115 Å². The van der Waals surface area contributed by atoms with Gasteiger partial charge in [-0.25, -0.2) is 0 Å². The van der Waals surface area contributed by atoms with E-state index in [1.807, 2.05) is 30.3 Å². The SMILES string of the molecule is Cl.O=C(Cc1ccccc1)NCC[C@H]1CCCN1. The van der Waals surface area contributed by atoms with Gasteiger partial charge in [-0.15, -0.1) is 12.4 Å². The molecule has 1 heterocycles. The molecular formula is C14H21ClN2O. The molecule has 100 valence electrons. The number of carbonyl (C=O) groups is 1. The average Bonchev–Trinajstić information content (AvgIpc) is 2.83. The molecule has 0 unspecified atom stereocenters. The van der Waals surface area contributed by atoms with Gasteiger partial charge in [0, 0.05) is 12.6 Å². The average molecular weight is 269 g/mol. The van der Waals surface area contributed by atoms with Crippen molar-refractivity contribution in [2.24, 2.45) is 0 Å². The van der Waals surface area contributed by atoms with Crippen LogP contribution in [0.4, 0.5) is 0 Å². The Morgan fingerprint density at radius 2 is 2.11 bits per heavy atom. The van der Waals surface area contributed by atoms with Gasteiger partial charge in [0.25, 0.3) is 0 Å². The van der Waals surface area contributed by atoms with E-state index < -0.39 is 0 Å². The van der Waals surface area contributed by atoms with Crippen molar-refractivity contribution in [3.05, 3.63) is 35.9 Å². The van der Waals surface area contributed by atoms with Crippen LogP contribution in [0.25, 0.3) is 0 Å². The van der Waals surface area contributed by atoms with Crippen molar-refractivity contribution < 1.29 is 4.79 Å². The molecule has 2 N–H and O–H groups in total. The summed E-state index contributed by atoms with van der Waals surface area (Å²) in [6, 6.07) is 10.5. The van der Waals surface area contributed by atoms with Gasteiger partial charge in [-0.05, 0) is 31.4 Å². The van der Waals surface area contributed by atoms with E-state index in [1.165, 1.54) is 12.8 Å². The van der Waals surface area contributed by atoms with Gasteiger partial charge in [0.15, 0.2) is 0 Å². The first kappa shape index (κ1) is 15.0. The lowest BCUT2D eigenvalue weighted by atomic mass is 10.1. The number of rotatable bonds is 5. The van der Waals surface area contributed by atoms with E-state index in [1.54, 1.807) is 0 Å². The highest BCUT2D eigenvalue weighted by Crippen LogP contribution is 2.07. The second-order valence-electron chi connectivity index (χ2n) is 4.59. The molecule has 0 spiro atoms. The minimum absolute atomic E-state index is 0. The van der Waals surface area contributed by atoms with Crippen molar-refractivity contribution in [2.75, 3.05) is 13.1 Å². The van der Waals surface area contributed by atoms with Crippen molar-refractivity contribution >= 4 is 18.3 Å². The third-order valence-electron chi connectivity index (χ3n) is 3.18. The molecule has 0 saturated carbocycles. The zero-order chi connectivity index (χ0) is 11.9. The van der Waals surface area contributed by atoms with Gasteiger partial charge >= 0.3 is 0 Å². The second kappa shape index (κ2) is 8.11. The molecule has 3 nitrogen and oxygen atoms in total. The molecule has 1 aliphatic heterocycles. The zero-order valence-electron chi connectivity index (χ0n) is 10.5. The topological polar surface area (TPSA) is 41.1 Å². The summed E-state index contributed by atoms with van der Waals surface area (Å²) in [7, 11) is 0. The van der Waals surface area contributed by atoms with Gasteiger partial charge < -0.3 is 10.6 Å². The monoisotopic (exact) mass is 268 g/mol. The molecule has 0 aliphatic carbocycles. The Morgan fingerprint density at radius 3 is 2.78 bits per heavy atom. The summed E-state index contributed by atoms with van der Waals surface area (Å²) in [5, 5.41) is 6.41. The van der Waals surface area contributed by atoms with Crippen LogP contribution in [0.15, 0.2) is 30.3 Å². The fourth-order valence-electron chi connectivity index (χ4n) is 2.23. The molecule has 2 rings (SSSR count). The standard InChI is InChI=1S/C14H20N2O.ClH/c17-14(11-12-5-2-1-3-6-12)16-10-8-13-7-4-9-15-13;/h1-3,5-6,13,15H,4,7-11H2,(H,16,17);1H/t13-;/m1./s1. The van der Waals surface area contributed by atoms with Crippen LogP contribution in [0, 0.1) is 0 Å². The summed E-state index contributed by atoms with van der Waals surface area (Å²) < 4.78 is 0. The summed E-state index contributed by atoms with van der Waals surface area (Å²) >= 11 is 0. The van der Waals surface area contributed by atoms with Crippen molar-refractivity contribution in [1.29, 1.82) is 0 Å². The highest BCUT2D eigenvalue weighted by molar-refractivity contribution is 5.85. The van der Waals surface area contributed by atoms with E-state index in [2.05, 4.69) is 10.6 Å². The zero-order valence-corrected chi connectivity index (χ0v) is 11.3. The fraction of sp³-hybridized carbons (Fsp3) is 0.500. The Bertz CT molecular complexity index is 350. The summed E-state index contributed by atoms with van der Waals surface area (Å²) in [5.41, 5.74) is 1.07. The number of amides is 1. The Kier molecular flexibility index (Phi) is 6.76. The van der Waals surface area contributed by atoms with E-state index in [4.69, 9.17) is 0 Å². The lowest BCUT2D eigenvalue weighted by Crippen LogP contribution is -2.31. The summed E-state index contributed by atoms with van der Waals surface area (Å²) in [6.07, 6.45) is 4.04.